The summed E-state index contributed by atoms with van der Waals surface area (Å²) in [5.74, 6) is 0.0164. The summed E-state index contributed by atoms with van der Waals surface area (Å²) in [5.41, 5.74) is 3.39. The molecule has 7 heteroatoms. The summed E-state index contributed by atoms with van der Waals surface area (Å²) in [4.78, 5) is 7.63. The van der Waals surface area contributed by atoms with E-state index in [9.17, 15) is 10.4 Å². The van der Waals surface area contributed by atoms with Crippen molar-refractivity contribution >= 4 is 38.2 Å². The molecule has 0 saturated carbocycles. The van der Waals surface area contributed by atoms with Crippen molar-refractivity contribution in [3.8, 4) is 11.9 Å². The van der Waals surface area contributed by atoms with Crippen LogP contribution in [0.25, 0.3) is 10.9 Å². The molecule has 0 aliphatic heterocycles. The normalized spacial score (nSPS) is 11.6. The summed E-state index contributed by atoms with van der Waals surface area (Å²) in [6.45, 7) is 0. The molecule has 26 heavy (non-hydrogen) atoms. The Morgan fingerprint density at radius 1 is 1.19 bits per heavy atom. The second-order valence-corrected chi connectivity index (χ2v) is 6.52. The summed E-state index contributed by atoms with van der Waals surface area (Å²) >= 11 is 3.47. The number of nitrogens with one attached hydrogen (secondary N) is 2. The minimum absolute atomic E-state index is 0.0164. The van der Waals surface area contributed by atoms with Gasteiger partial charge in [-0.25, -0.2) is 4.99 Å². The van der Waals surface area contributed by atoms with Crippen molar-refractivity contribution in [1.29, 1.82) is 5.26 Å². The van der Waals surface area contributed by atoms with Crippen LogP contribution in [0.3, 0.4) is 0 Å². The van der Waals surface area contributed by atoms with Crippen LogP contribution in [0.4, 0.5) is 5.69 Å². The molecule has 4 aromatic rings. The molecule has 0 amide bonds. The number of hydrogen-bond acceptors (Lipinski definition) is 4. The molecule has 0 bridgehead atoms. The van der Waals surface area contributed by atoms with Gasteiger partial charge in [-0.05, 0) is 18.2 Å². The molecular weight excluding hydrogens is 394 g/mol. The van der Waals surface area contributed by atoms with E-state index in [2.05, 4.69) is 36.1 Å². The second kappa shape index (κ2) is 6.50. The van der Waals surface area contributed by atoms with Crippen molar-refractivity contribution in [2.45, 2.75) is 0 Å². The van der Waals surface area contributed by atoms with Crippen LogP contribution in [-0.4, -0.2) is 26.0 Å². The fourth-order valence-corrected chi connectivity index (χ4v) is 3.18. The van der Waals surface area contributed by atoms with E-state index in [0.29, 0.717) is 17.0 Å². The van der Waals surface area contributed by atoms with Gasteiger partial charge in [-0.15, -0.1) is 0 Å². The van der Waals surface area contributed by atoms with Gasteiger partial charge in [-0.3, -0.25) is 5.10 Å². The van der Waals surface area contributed by atoms with E-state index in [1.807, 2.05) is 54.6 Å². The number of aromatic hydroxyl groups is 1. The first-order chi connectivity index (χ1) is 12.7. The SMILES string of the molecule is N#Cc1[nH]ncc1N=C(c1ccccc1)c1c(O)[nH]c2ccc(Br)cc12. The lowest BCUT2D eigenvalue weighted by molar-refractivity contribution is 0.457. The van der Waals surface area contributed by atoms with Crippen molar-refractivity contribution in [2.24, 2.45) is 4.99 Å². The third-order valence-corrected chi connectivity index (χ3v) is 4.48. The van der Waals surface area contributed by atoms with Crippen molar-refractivity contribution in [3.63, 3.8) is 0 Å². The number of aromatic nitrogens is 3. The minimum atomic E-state index is 0.0164. The van der Waals surface area contributed by atoms with E-state index < -0.39 is 0 Å². The maximum Gasteiger partial charge on any atom is 0.199 e. The first-order valence-corrected chi connectivity index (χ1v) is 8.55. The van der Waals surface area contributed by atoms with Gasteiger partial charge in [0.2, 0.25) is 0 Å². The standard InChI is InChI=1S/C19H12BrN5O/c20-12-6-7-14-13(8-12)17(19(26)24-14)18(11-4-2-1-3-5-11)23-16-10-22-25-15(16)9-21/h1-8,10,24,26H,(H,22,25). The minimum Gasteiger partial charge on any atom is -0.494 e. The zero-order chi connectivity index (χ0) is 18.1. The monoisotopic (exact) mass is 405 g/mol. The average Bonchev–Trinajstić information content (AvgIpc) is 3.23. The van der Waals surface area contributed by atoms with Gasteiger partial charge in [-0.1, -0.05) is 46.3 Å². The lowest BCUT2D eigenvalue weighted by atomic mass is 10.0. The number of aliphatic imine (C=N–C) groups is 1. The van der Waals surface area contributed by atoms with Crippen LogP contribution in [-0.2, 0) is 0 Å². The highest BCUT2D eigenvalue weighted by Gasteiger charge is 2.19. The first-order valence-electron chi connectivity index (χ1n) is 7.75. The Bertz CT molecular complexity index is 1170. The molecular formula is C19H12BrN5O. The molecule has 0 aliphatic rings. The molecule has 0 fully saturated rings. The lowest BCUT2D eigenvalue weighted by Crippen LogP contribution is -2.03. The topological polar surface area (TPSA) is 101 Å². The van der Waals surface area contributed by atoms with Gasteiger partial charge in [0.25, 0.3) is 0 Å². The molecule has 0 unspecified atom stereocenters. The molecule has 2 heterocycles. The molecule has 3 N–H and O–H groups in total. The van der Waals surface area contributed by atoms with Crippen molar-refractivity contribution < 1.29 is 5.11 Å². The molecule has 0 spiro atoms. The predicted octanol–water partition coefficient (Wildman–Crippen LogP) is 4.40. The highest BCUT2D eigenvalue weighted by atomic mass is 79.9. The zero-order valence-electron chi connectivity index (χ0n) is 13.4. The Hall–Kier alpha value is -3.37. The number of nitrogens with zero attached hydrogens (tertiary/aromatic N) is 3. The quantitative estimate of drug-likeness (QED) is 0.440. The average molecular weight is 406 g/mol. The van der Waals surface area contributed by atoms with E-state index in [0.717, 1.165) is 20.9 Å². The molecule has 6 nitrogen and oxygen atoms in total. The van der Waals surface area contributed by atoms with E-state index in [1.54, 1.807) is 0 Å². The summed E-state index contributed by atoms with van der Waals surface area (Å²) in [7, 11) is 0. The number of H-pyrrole nitrogens is 2. The summed E-state index contributed by atoms with van der Waals surface area (Å²) in [6, 6.07) is 17.2. The van der Waals surface area contributed by atoms with Crippen LogP contribution in [0, 0.1) is 11.3 Å². The van der Waals surface area contributed by atoms with Gasteiger partial charge < -0.3 is 10.1 Å². The van der Waals surface area contributed by atoms with Crippen molar-refractivity contribution in [2.75, 3.05) is 0 Å². The van der Waals surface area contributed by atoms with Gasteiger partial charge in [0, 0.05) is 20.9 Å². The van der Waals surface area contributed by atoms with E-state index in [1.165, 1.54) is 6.20 Å². The lowest BCUT2D eigenvalue weighted by Gasteiger charge is -2.07. The fraction of sp³-hybridized carbons (Fsp3) is 0. The Balaban J connectivity index is 2.03. The summed E-state index contributed by atoms with van der Waals surface area (Å²) < 4.78 is 0.888. The van der Waals surface area contributed by atoms with E-state index in [4.69, 9.17) is 0 Å². The van der Waals surface area contributed by atoms with Gasteiger partial charge in [0.15, 0.2) is 11.6 Å². The Labute approximate surface area is 157 Å². The molecule has 2 aromatic carbocycles. The molecule has 0 saturated heterocycles. The van der Waals surface area contributed by atoms with Crippen LogP contribution < -0.4 is 0 Å². The largest absolute Gasteiger partial charge is 0.494 e. The van der Waals surface area contributed by atoms with Gasteiger partial charge in [0.1, 0.15) is 11.8 Å². The molecule has 0 atom stereocenters. The van der Waals surface area contributed by atoms with E-state index in [-0.39, 0.29) is 11.6 Å². The van der Waals surface area contributed by atoms with E-state index >= 15 is 0 Å². The zero-order valence-corrected chi connectivity index (χ0v) is 14.9. The summed E-state index contributed by atoms with van der Waals surface area (Å²) in [5, 5.41) is 27.1. The molecule has 126 valence electrons. The van der Waals surface area contributed by atoms with Crippen molar-refractivity contribution in [1.82, 2.24) is 15.2 Å². The maximum atomic E-state index is 10.6. The highest BCUT2D eigenvalue weighted by Crippen LogP contribution is 2.33. The third kappa shape index (κ3) is 2.76. The number of halogens is 1. The van der Waals surface area contributed by atoms with Crippen LogP contribution in [0.5, 0.6) is 5.88 Å². The smallest absolute Gasteiger partial charge is 0.199 e. The van der Waals surface area contributed by atoms with Crippen LogP contribution in [0.15, 0.2) is 64.2 Å². The van der Waals surface area contributed by atoms with Crippen LogP contribution in [0.2, 0.25) is 0 Å². The number of hydrogen-bond donors (Lipinski definition) is 3. The number of fused-ring (bicyclic) bond motifs is 1. The molecule has 0 radical (unpaired) electrons. The summed E-state index contributed by atoms with van der Waals surface area (Å²) in [6.07, 6.45) is 1.49. The van der Waals surface area contributed by atoms with Crippen LogP contribution >= 0.6 is 15.9 Å². The van der Waals surface area contributed by atoms with Gasteiger partial charge in [0.05, 0.1) is 17.5 Å². The Kier molecular flexibility index (Phi) is 4.03. The fourth-order valence-electron chi connectivity index (χ4n) is 2.82. The highest BCUT2D eigenvalue weighted by molar-refractivity contribution is 9.10. The Morgan fingerprint density at radius 2 is 2.00 bits per heavy atom. The maximum absolute atomic E-state index is 10.6. The second-order valence-electron chi connectivity index (χ2n) is 5.61. The number of nitriles is 1. The molecule has 4 rings (SSSR count). The number of rotatable bonds is 3. The van der Waals surface area contributed by atoms with Crippen LogP contribution in [0.1, 0.15) is 16.8 Å². The first kappa shape index (κ1) is 16.1. The number of aromatic amines is 2. The molecule has 2 aromatic heterocycles. The third-order valence-electron chi connectivity index (χ3n) is 3.99. The van der Waals surface area contributed by atoms with Crippen molar-refractivity contribution in [3.05, 3.63) is 76.0 Å². The Morgan fingerprint density at radius 3 is 2.77 bits per heavy atom. The van der Waals surface area contributed by atoms with Gasteiger partial charge >= 0.3 is 0 Å². The predicted molar refractivity (Wildman–Crippen MR) is 103 cm³/mol. The van der Waals surface area contributed by atoms with Gasteiger partial charge in [-0.2, -0.15) is 10.4 Å². The number of benzene rings is 2. The molecule has 0 aliphatic carbocycles.